The lowest BCUT2D eigenvalue weighted by Crippen LogP contribution is -2.40. The summed E-state index contributed by atoms with van der Waals surface area (Å²) < 4.78 is 17.7. The average molecular weight is 208 g/mol. The summed E-state index contributed by atoms with van der Waals surface area (Å²) in [6.45, 7) is 2.32. The van der Waals surface area contributed by atoms with Gasteiger partial charge in [0.2, 0.25) is 0 Å². The maximum atomic E-state index is 12.6. The molecule has 1 amide bonds. The van der Waals surface area contributed by atoms with Crippen LogP contribution in [-0.2, 0) is 4.74 Å². The third-order valence-corrected chi connectivity index (χ3v) is 2.32. The smallest absolute Gasteiger partial charge is 0.254 e. The molecule has 0 N–H and O–H groups in total. The number of carbonyl (C=O) groups excluding carboxylic acids is 1. The molecule has 15 heavy (non-hydrogen) atoms. The quantitative estimate of drug-likeness (QED) is 0.691. The van der Waals surface area contributed by atoms with Crippen LogP contribution in [0.15, 0.2) is 18.2 Å². The van der Waals surface area contributed by atoms with Gasteiger partial charge < -0.3 is 9.64 Å². The Labute approximate surface area is 87.5 Å². The Morgan fingerprint density at radius 2 is 2.13 bits per heavy atom. The van der Waals surface area contributed by atoms with Gasteiger partial charge in [0.25, 0.3) is 5.91 Å². The highest BCUT2D eigenvalue weighted by Crippen LogP contribution is 2.08. The number of ether oxygens (including phenoxy) is 1. The average Bonchev–Trinajstić information content (AvgIpc) is 2.30. The minimum Gasteiger partial charge on any atom is -0.378 e. The molecule has 1 saturated heterocycles. The molecule has 1 heterocycles. The molecule has 4 heteroatoms. The molecule has 1 aromatic rings. The third-order valence-electron chi connectivity index (χ3n) is 2.32. The second kappa shape index (κ2) is 4.40. The van der Waals surface area contributed by atoms with Gasteiger partial charge in [0, 0.05) is 24.7 Å². The van der Waals surface area contributed by atoms with Gasteiger partial charge in [-0.25, -0.2) is 4.39 Å². The normalized spacial score (nSPS) is 16.5. The summed E-state index contributed by atoms with van der Waals surface area (Å²) in [7, 11) is 0. The van der Waals surface area contributed by atoms with Crippen LogP contribution in [-0.4, -0.2) is 37.1 Å². The van der Waals surface area contributed by atoms with Gasteiger partial charge in [0.1, 0.15) is 5.82 Å². The molecule has 1 aromatic carbocycles. The molecule has 1 radical (unpaired) electrons. The molecular formula is C11H11FNO2. The zero-order valence-electron chi connectivity index (χ0n) is 8.20. The van der Waals surface area contributed by atoms with E-state index in [1.807, 2.05) is 0 Å². The summed E-state index contributed by atoms with van der Waals surface area (Å²) in [6, 6.07) is 6.48. The van der Waals surface area contributed by atoms with Crippen molar-refractivity contribution >= 4 is 5.91 Å². The van der Waals surface area contributed by atoms with Crippen molar-refractivity contribution in [3.63, 3.8) is 0 Å². The number of morpholine rings is 1. The summed E-state index contributed by atoms with van der Waals surface area (Å²) >= 11 is 0. The monoisotopic (exact) mass is 208 g/mol. The molecule has 79 valence electrons. The van der Waals surface area contributed by atoms with E-state index in [0.717, 1.165) is 0 Å². The molecule has 3 nitrogen and oxygen atoms in total. The Hall–Kier alpha value is -1.42. The van der Waals surface area contributed by atoms with Crippen LogP contribution < -0.4 is 0 Å². The Morgan fingerprint density at radius 1 is 1.40 bits per heavy atom. The highest BCUT2D eigenvalue weighted by Gasteiger charge is 2.18. The largest absolute Gasteiger partial charge is 0.378 e. The molecule has 1 aliphatic heterocycles. The van der Waals surface area contributed by atoms with E-state index in [9.17, 15) is 9.18 Å². The van der Waals surface area contributed by atoms with E-state index in [-0.39, 0.29) is 5.91 Å². The van der Waals surface area contributed by atoms with Crippen LogP contribution >= 0.6 is 0 Å². The number of hydrogen-bond donors (Lipinski definition) is 0. The first-order valence-corrected chi connectivity index (χ1v) is 4.81. The van der Waals surface area contributed by atoms with E-state index < -0.39 is 5.82 Å². The van der Waals surface area contributed by atoms with Crippen molar-refractivity contribution in [1.82, 2.24) is 4.90 Å². The van der Waals surface area contributed by atoms with Gasteiger partial charge in [-0.05, 0) is 18.2 Å². The second-order valence-corrected chi connectivity index (χ2v) is 3.33. The zero-order chi connectivity index (χ0) is 10.7. The summed E-state index contributed by atoms with van der Waals surface area (Å²) in [5.41, 5.74) is 0.471. The summed E-state index contributed by atoms with van der Waals surface area (Å²) in [5.74, 6) is -0.539. The van der Waals surface area contributed by atoms with Gasteiger partial charge in [0.05, 0.1) is 13.2 Å². The van der Waals surface area contributed by atoms with Crippen LogP contribution in [0.3, 0.4) is 0 Å². The fourth-order valence-corrected chi connectivity index (χ4v) is 1.49. The molecule has 1 aliphatic rings. The van der Waals surface area contributed by atoms with Crippen LogP contribution in [0.25, 0.3) is 0 Å². The molecule has 0 spiro atoms. The van der Waals surface area contributed by atoms with Crippen molar-refractivity contribution in [3.8, 4) is 0 Å². The van der Waals surface area contributed by atoms with E-state index in [1.54, 1.807) is 4.90 Å². The fraction of sp³-hybridized carbons (Fsp3) is 0.364. The van der Waals surface area contributed by atoms with Crippen LogP contribution in [0, 0.1) is 11.9 Å². The minimum absolute atomic E-state index is 0.0884. The Kier molecular flexibility index (Phi) is 2.97. The number of benzene rings is 1. The number of carbonyl (C=O) groups is 1. The van der Waals surface area contributed by atoms with Gasteiger partial charge in [-0.2, -0.15) is 0 Å². The number of nitrogens with zero attached hydrogens (tertiary/aromatic N) is 1. The first-order valence-electron chi connectivity index (χ1n) is 4.81. The molecule has 0 aliphatic carbocycles. The summed E-state index contributed by atoms with van der Waals surface area (Å²) in [4.78, 5) is 13.5. The van der Waals surface area contributed by atoms with Gasteiger partial charge >= 0.3 is 0 Å². The van der Waals surface area contributed by atoms with Crippen LogP contribution in [0.4, 0.5) is 4.39 Å². The van der Waals surface area contributed by atoms with Crippen LogP contribution in [0.1, 0.15) is 10.4 Å². The second-order valence-electron chi connectivity index (χ2n) is 3.33. The molecule has 0 atom stereocenters. The summed E-state index contributed by atoms with van der Waals surface area (Å²) in [5, 5.41) is 0. The molecule has 0 bridgehead atoms. The lowest BCUT2D eigenvalue weighted by atomic mass is 10.2. The third kappa shape index (κ3) is 2.33. The molecule has 0 unspecified atom stereocenters. The zero-order valence-corrected chi connectivity index (χ0v) is 8.20. The van der Waals surface area contributed by atoms with Crippen molar-refractivity contribution in [2.45, 2.75) is 0 Å². The van der Waals surface area contributed by atoms with E-state index in [0.29, 0.717) is 31.9 Å². The summed E-state index contributed by atoms with van der Waals surface area (Å²) in [6.07, 6.45) is 0. The molecule has 0 saturated carbocycles. The molecule has 1 fully saturated rings. The van der Waals surface area contributed by atoms with Gasteiger partial charge in [-0.3, -0.25) is 4.79 Å². The standard InChI is InChI=1S/C11H11FNO2/c12-10-3-1-9(2-4-10)11(14)13-5-7-15-8-6-13/h1-3H,5-8H2. The van der Waals surface area contributed by atoms with Gasteiger partial charge in [-0.15, -0.1) is 0 Å². The molecule has 0 aromatic heterocycles. The predicted molar refractivity (Wildman–Crippen MR) is 52.0 cm³/mol. The number of rotatable bonds is 1. The van der Waals surface area contributed by atoms with Crippen molar-refractivity contribution < 1.29 is 13.9 Å². The first-order chi connectivity index (χ1) is 7.27. The lowest BCUT2D eigenvalue weighted by Gasteiger charge is -2.26. The SMILES string of the molecule is O=C(c1c[c]c(F)cc1)N1CCOCC1. The lowest BCUT2D eigenvalue weighted by molar-refractivity contribution is 0.0303. The van der Waals surface area contributed by atoms with E-state index in [4.69, 9.17) is 4.74 Å². The van der Waals surface area contributed by atoms with Gasteiger partial charge in [0.15, 0.2) is 0 Å². The van der Waals surface area contributed by atoms with Gasteiger partial charge in [-0.1, -0.05) is 0 Å². The first kappa shape index (κ1) is 10.1. The van der Waals surface area contributed by atoms with E-state index in [2.05, 4.69) is 6.07 Å². The maximum absolute atomic E-state index is 12.6. The van der Waals surface area contributed by atoms with Crippen molar-refractivity contribution in [2.24, 2.45) is 0 Å². The number of hydrogen-bond acceptors (Lipinski definition) is 2. The highest BCUT2D eigenvalue weighted by molar-refractivity contribution is 5.94. The Bertz CT molecular complexity index is 344. The van der Waals surface area contributed by atoms with E-state index >= 15 is 0 Å². The van der Waals surface area contributed by atoms with Crippen molar-refractivity contribution in [1.29, 1.82) is 0 Å². The number of halogens is 1. The minimum atomic E-state index is -0.450. The van der Waals surface area contributed by atoms with Crippen molar-refractivity contribution in [3.05, 3.63) is 35.6 Å². The Morgan fingerprint density at radius 3 is 2.73 bits per heavy atom. The Balaban J connectivity index is 2.09. The number of amides is 1. The van der Waals surface area contributed by atoms with E-state index in [1.165, 1.54) is 18.2 Å². The predicted octanol–water partition coefficient (Wildman–Crippen LogP) is 1.10. The van der Waals surface area contributed by atoms with Crippen molar-refractivity contribution in [2.75, 3.05) is 26.3 Å². The molecular weight excluding hydrogens is 197 g/mol. The van der Waals surface area contributed by atoms with Crippen LogP contribution in [0.5, 0.6) is 0 Å². The topological polar surface area (TPSA) is 29.5 Å². The molecule has 2 rings (SSSR count). The van der Waals surface area contributed by atoms with Crippen LogP contribution in [0.2, 0.25) is 0 Å². The fourth-order valence-electron chi connectivity index (χ4n) is 1.49. The highest BCUT2D eigenvalue weighted by atomic mass is 19.1. The maximum Gasteiger partial charge on any atom is 0.254 e.